The van der Waals surface area contributed by atoms with Gasteiger partial charge in [0.2, 0.25) is 0 Å². The summed E-state index contributed by atoms with van der Waals surface area (Å²) in [4.78, 5) is 20.9. The number of carbonyl (C=O) groups excluding carboxylic acids is 1. The van der Waals surface area contributed by atoms with E-state index in [0.717, 1.165) is 63.4 Å². The lowest BCUT2D eigenvalue weighted by molar-refractivity contribution is 0.128. The Morgan fingerprint density at radius 1 is 1.24 bits per heavy atom. The van der Waals surface area contributed by atoms with Gasteiger partial charge in [-0.05, 0) is 43.7 Å². The standard InChI is InChI=1S/C19H28N4O2/c1-15(24)9-14-23-13-4-12-22(19(23)25)11-3-6-17-8-7-16-5-2-10-20-18(16)21-17/h7-8,24H,1-6,9-14H2,(H,20,21). The molecule has 1 saturated heterocycles. The number of urea groups is 1. The van der Waals surface area contributed by atoms with Gasteiger partial charge in [-0.1, -0.05) is 12.6 Å². The van der Waals surface area contributed by atoms with Crippen LogP contribution in [0.5, 0.6) is 0 Å². The highest BCUT2D eigenvalue weighted by atomic mass is 16.3. The number of carbonyl (C=O) groups is 1. The van der Waals surface area contributed by atoms with Crippen LogP contribution in [0.3, 0.4) is 0 Å². The van der Waals surface area contributed by atoms with E-state index in [-0.39, 0.29) is 11.8 Å². The maximum Gasteiger partial charge on any atom is 0.320 e. The molecule has 0 aromatic carbocycles. The molecular formula is C19H28N4O2. The van der Waals surface area contributed by atoms with Crippen molar-refractivity contribution in [3.8, 4) is 0 Å². The van der Waals surface area contributed by atoms with Crippen molar-refractivity contribution >= 4 is 11.8 Å². The van der Waals surface area contributed by atoms with Crippen molar-refractivity contribution in [1.82, 2.24) is 14.8 Å². The van der Waals surface area contributed by atoms with Crippen molar-refractivity contribution in [2.24, 2.45) is 0 Å². The summed E-state index contributed by atoms with van der Waals surface area (Å²) in [5.74, 6) is 1.17. The Kier molecular flexibility index (Phi) is 5.79. The number of amides is 2. The lowest BCUT2D eigenvalue weighted by atomic mass is 10.1. The number of aryl methyl sites for hydroxylation is 2. The number of nitrogens with zero attached hydrogens (tertiary/aromatic N) is 3. The van der Waals surface area contributed by atoms with Gasteiger partial charge in [0.15, 0.2) is 0 Å². The van der Waals surface area contributed by atoms with E-state index in [1.165, 1.54) is 12.0 Å². The molecule has 0 spiro atoms. The van der Waals surface area contributed by atoms with Crippen LogP contribution in [0.15, 0.2) is 24.5 Å². The van der Waals surface area contributed by atoms with Crippen molar-refractivity contribution in [3.05, 3.63) is 35.7 Å². The molecule has 1 fully saturated rings. The minimum absolute atomic E-state index is 0.0765. The zero-order valence-electron chi connectivity index (χ0n) is 14.8. The smallest absolute Gasteiger partial charge is 0.320 e. The maximum absolute atomic E-state index is 12.5. The molecule has 2 aliphatic heterocycles. The second-order valence-electron chi connectivity index (χ2n) is 6.87. The van der Waals surface area contributed by atoms with Gasteiger partial charge in [-0.3, -0.25) is 0 Å². The first-order chi connectivity index (χ1) is 12.1. The Hall–Kier alpha value is -2.24. The van der Waals surface area contributed by atoms with Crippen LogP contribution >= 0.6 is 0 Å². The van der Waals surface area contributed by atoms with Crippen LogP contribution in [-0.2, 0) is 12.8 Å². The fourth-order valence-electron chi connectivity index (χ4n) is 3.48. The number of aromatic nitrogens is 1. The van der Waals surface area contributed by atoms with Gasteiger partial charge in [0, 0.05) is 44.8 Å². The van der Waals surface area contributed by atoms with Crippen LogP contribution in [0, 0.1) is 0 Å². The first kappa shape index (κ1) is 17.6. The molecule has 25 heavy (non-hydrogen) atoms. The Labute approximate surface area is 149 Å². The number of anilines is 1. The number of hydrogen-bond donors (Lipinski definition) is 2. The SMILES string of the molecule is C=C(O)CCN1CCCN(CCCc2ccc3c(n2)NCCC3)C1=O. The van der Waals surface area contributed by atoms with Crippen molar-refractivity contribution in [1.29, 1.82) is 0 Å². The maximum atomic E-state index is 12.5. The van der Waals surface area contributed by atoms with E-state index in [1.807, 2.05) is 9.80 Å². The predicted molar refractivity (Wildman–Crippen MR) is 98.9 cm³/mol. The Morgan fingerprint density at radius 3 is 2.84 bits per heavy atom. The van der Waals surface area contributed by atoms with Crippen molar-refractivity contribution in [2.45, 2.75) is 38.5 Å². The molecular weight excluding hydrogens is 316 g/mol. The quantitative estimate of drug-likeness (QED) is 0.746. The molecule has 0 radical (unpaired) electrons. The van der Waals surface area contributed by atoms with Crippen LogP contribution in [0.4, 0.5) is 10.6 Å². The molecule has 3 heterocycles. The number of pyridine rings is 1. The summed E-state index contributed by atoms with van der Waals surface area (Å²) in [6.45, 7) is 7.37. The van der Waals surface area contributed by atoms with Gasteiger partial charge >= 0.3 is 6.03 Å². The number of rotatable bonds is 7. The fourth-order valence-corrected chi connectivity index (χ4v) is 3.48. The van der Waals surface area contributed by atoms with Gasteiger partial charge in [-0.2, -0.15) is 0 Å². The Balaban J connectivity index is 1.48. The molecule has 6 nitrogen and oxygen atoms in total. The second-order valence-corrected chi connectivity index (χ2v) is 6.87. The van der Waals surface area contributed by atoms with Crippen LogP contribution < -0.4 is 5.32 Å². The largest absolute Gasteiger partial charge is 0.513 e. The lowest BCUT2D eigenvalue weighted by Gasteiger charge is -2.35. The third-order valence-corrected chi connectivity index (χ3v) is 4.88. The minimum Gasteiger partial charge on any atom is -0.513 e. The minimum atomic E-state index is 0.0765. The van der Waals surface area contributed by atoms with Gasteiger partial charge < -0.3 is 20.2 Å². The average molecular weight is 344 g/mol. The number of nitrogens with one attached hydrogen (secondary N) is 1. The monoisotopic (exact) mass is 344 g/mol. The fraction of sp³-hybridized carbons (Fsp3) is 0.579. The molecule has 1 aromatic rings. The molecule has 136 valence electrons. The van der Waals surface area contributed by atoms with Gasteiger partial charge in [0.25, 0.3) is 0 Å². The van der Waals surface area contributed by atoms with Crippen LogP contribution in [-0.4, -0.2) is 58.6 Å². The zero-order chi connectivity index (χ0) is 17.6. The van der Waals surface area contributed by atoms with Gasteiger partial charge in [-0.25, -0.2) is 9.78 Å². The molecule has 3 rings (SSSR count). The highest BCUT2D eigenvalue weighted by Gasteiger charge is 2.24. The molecule has 1 aromatic heterocycles. The summed E-state index contributed by atoms with van der Waals surface area (Å²) < 4.78 is 0. The summed E-state index contributed by atoms with van der Waals surface area (Å²) in [5, 5.41) is 12.6. The molecule has 0 atom stereocenters. The van der Waals surface area contributed by atoms with E-state index in [9.17, 15) is 9.90 Å². The van der Waals surface area contributed by atoms with Crippen LogP contribution in [0.2, 0.25) is 0 Å². The van der Waals surface area contributed by atoms with Crippen molar-refractivity contribution < 1.29 is 9.90 Å². The van der Waals surface area contributed by atoms with E-state index >= 15 is 0 Å². The van der Waals surface area contributed by atoms with Gasteiger partial charge in [0.1, 0.15) is 5.82 Å². The molecule has 2 aliphatic rings. The average Bonchev–Trinajstić information content (AvgIpc) is 2.62. The highest BCUT2D eigenvalue weighted by Crippen LogP contribution is 2.20. The molecule has 6 heteroatoms. The van der Waals surface area contributed by atoms with Gasteiger partial charge in [-0.15, -0.1) is 0 Å². The summed E-state index contributed by atoms with van der Waals surface area (Å²) >= 11 is 0. The number of aliphatic hydroxyl groups is 1. The zero-order valence-corrected chi connectivity index (χ0v) is 14.8. The van der Waals surface area contributed by atoms with Gasteiger partial charge in [0.05, 0.1) is 5.76 Å². The number of hydrogen-bond acceptors (Lipinski definition) is 4. The Bertz CT molecular complexity index is 632. The molecule has 0 aliphatic carbocycles. The molecule has 0 bridgehead atoms. The van der Waals surface area contributed by atoms with Crippen molar-refractivity contribution in [2.75, 3.05) is 38.0 Å². The second kappa shape index (κ2) is 8.23. The third kappa shape index (κ3) is 4.65. The number of fused-ring (bicyclic) bond motifs is 1. The van der Waals surface area contributed by atoms with E-state index < -0.39 is 0 Å². The van der Waals surface area contributed by atoms with Crippen LogP contribution in [0.1, 0.15) is 36.9 Å². The normalized spacial score (nSPS) is 17.2. The summed E-state index contributed by atoms with van der Waals surface area (Å²) in [7, 11) is 0. The summed E-state index contributed by atoms with van der Waals surface area (Å²) in [6, 6.07) is 4.37. The highest BCUT2D eigenvalue weighted by molar-refractivity contribution is 5.75. The van der Waals surface area contributed by atoms with E-state index in [2.05, 4.69) is 24.0 Å². The van der Waals surface area contributed by atoms with E-state index in [4.69, 9.17) is 4.98 Å². The first-order valence-electron chi connectivity index (χ1n) is 9.27. The molecule has 0 unspecified atom stereocenters. The molecule has 2 amide bonds. The summed E-state index contributed by atoms with van der Waals surface area (Å²) in [6.07, 6.45) is 5.50. The third-order valence-electron chi connectivity index (χ3n) is 4.88. The molecule has 2 N–H and O–H groups in total. The van der Waals surface area contributed by atoms with E-state index in [0.29, 0.717) is 13.0 Å². The van der Waals surface area contributed by atoms with Crippen LogP contribution in [0.25, 0.3) is 0 Å². The predicted octanol–water partition coefficient (Wildman–Crippen LogP) is 2.96. The first-order valence-corrected chi connectivity index (χ1v) is 9.27. The number of aliphatic hydroxyl groups excluding tert-OH is 1. The topological polar surface area (TPSA) is 68.7 Å². The Morgan fingerprint density at radius 2 is 2.04 bits per heavy atom. The van der Waals surface area contributed by atoms with Crippen molar-refractivity contribution in [3.63, 3.8) is 0 Å². The molecule has 0 saturated carbocycles. The summed E-state index contributed by atoms with van der Waals surface area (Å²) in [5.41, 5.74) is 2.40. The van der Waals surface area contributed by atoms with E-state index in [1.54, 1.807) is 0 Å². The lowest BCUT2D eigenvalue weighted by Crippen LogP contribution is -2.49.